The lowest BCUT2D eigenvalue weighted by molar-refractivity contribution is 0.292. The van der Waals surface area contributed by atoms with Crippen molar-refractivity contribution < 1.29 is 9.84 Å². The molecule has 3 nitrogen and oxygen atoms in total. The quantitative estimate of drug-likeness (QED) is 0.761. The summed E-state index contributed by atoms with van der Waals surface area (Å²) in [5.41, 5.74) is 2.69. The summed E-state index contributed by atoms with van der Waals surface area (Å²) in [6.45, 7) is 8.30. The van der Waals surface area contributed by atoms with Gasteiger partial charge in [-0.3, -0.25) is 0 Å². The first kappa shape index (κ1) is 15.0. The molecule has 0 saturated heterocycles. The molecule has 102 valence electrons. The monoisotopic (exact) mass is 251 g/mol. The van der Waals surface area contributed by atoms with Crippen molar-refractivity contribution in [2.45, 2.75) is 32.6 Å². The Balaban J connectivity index is 2.79. The van der Waals surface area contributed by atoms with E-state index in [1.165, 1.54) is 11.1 Å². The fourth-order valence-electron chi connectivity index (χ4n) is 1.87. The van der Waals surface area contributed by atoms with E-state index in [9.17, 15) is 0 Å². The molecule has 1 aromatic carbocycles. The zero-order chi connectivity index (χ0) is 13.6. The van der Waals surface area contributed by atoms with Crippen molar-refractivity contribution in [3.63, 3.8) is 0 Å². The minimum absolute atomic E-state index is 0.152. The topological polar surface area (TPSA) is 41.5 Å². The van der Waals surface area contributed by atoms with Crippen molar-refractivity contribution in [2.24, 2.45) is 0 Å². The number of aliphatic hydroxyl groups is 1. The van der Waals surface area contributed by atoms with Crippen LogP contribution >= 0.6 is 0 Å². The number of nitrogens with one attached hydrogen (secondary N) is 1. The van der Waals surface area contributed by atoms with Gasteiger partial charge in [0.2, 0.25) is 0 Å². The minimum atomic E-state index is 0.152. The van der Waals surface area contributed by atoms with E-state index in [2.05, 4.69) is 38.2 Å². The summed E-state index contributed by atoms with van der Waals surface area (Å²) in [7, 11) is 1.71. The van der Waals surface area contributed by atoms with Gasteiger partial charge in [-0.05, 0) is 35.6 Å². The number of hydrogen-bond acceptors (Lipinski definition) is 3. The second-order valence-electron chi connectivity index (χ2n) is 5.50. The van der Waals surface area contributed by atoms with Gasteiger partial charge in [-0.15, -0.1) is 0 Å². The zero-order valence-corrected chi connectivity index (χ0v) is 11.9. The molecule has 1 rings (SSSR count). The maximum atomic E-state index is 8.73. The summed E-state index contributed by atoms with van der Waals surface area (Å²) in [6.07, 6.45) is 0.910. The van der Waals surface area contributed by atoms with E-state index in [1.807, 2.05) is 6.07 Å². The highest BCUT2D eigenvalue weighted by atomic mass is 16.5. The lowest BCUT2D eigenvalue weighted by Crippen LogP contribution is -2.21. The number of aliphatic hydroxyl groups excluding tert-OH is 1. The van der Waals surface area contributed by atoms with Crippen molar-refractivity contribution in [3.05, 3.63) is 29.3 Å². The first-order valence-electron chi connectivity index (χ1n) is 6.48. The Kier molecular flexibility index (Phi) is 5.63. The van der Waals surface area contributed by atoms with E-state index in [1.54, 1.807) is 7.11 Å². The number of methoxy groups -OCH3 is 1. The molecule has 0 aliphatic carbocycles. The standard InChI is InChI=1S/C15H25NO2/c1-15(2,3)13-5-6-14(18-4)12(11-13)7-8-16-9-10-17/h5-6,11,16-17H,7-10H2,1-4H3. The van der Waals surface area contributed by atoms with Gasteiger partial charge < -0.3 is 15.2 Å². The molecule has 0 aliphatic heterocycles. The average molecular weight is 251 g/mol. The molecule has 1 aromatic rings. The molecule has 0 unspecified atom stereocenters. The van der Waals surface area contributed by atoms with Gasteiger partial charge >= 0.3 is 0 Å². The van der Waals surface area contributed by atoms with Crippen molar-refractivity contribution in [3.8, 4) is 5.75 Å². The van der Waals surface area contributed by atoms with Gasteiger partial charge in [0.25, 0.3) is 0 Å². The van der Waals surface area contributed by atoms with Gasteiger partial charge in [0.05, 0.1) is 13.7 Å². The van der Waals surface area contributed by atoms with Crippen LogP contribution in [0.5, 0.6) is 5.75 Å². The summed E-state index contributed by atoms with van der Waals surface area (Å²) in [6, 6.07) is 6.39. The van der Waals surface area contributed by atoms with Crippen LogP contribution < -0.4 is 10.1 Å². The molecular formula is C15H25NO2. The van der Waals surface area contributed by atoms with E-state index >= 15 is 0 Å². The van der Waals surface area contributed by atoms with Crippen molar-refractivity contribution >= 4 is 0 Å². The maximum absolute atomic E-state index is 8.73. The van der Waals surface area contributed by atoms with Gasteiger partial charge in [-0.25, -0.2) is 0 Å². The first-order chi connectivity index (χ1) is 8.49. The fraction of sp³-hybridized carbons (Fsp3) is 0.600. The maximum Gasteiger partial charge on any atom is 0.122 e. The van der Waals surface area contributed by atoms with Crippen molar-refractivity contribution in [1.82, 2.24) is 5.32 Å². The molecular weight excluding hydrogens is 226 g/mol. The molecule has 2 N–H and O–H groups in total. The Morgan fingerprint density at radius 1 is 1.22 bits per heavy atom. The van der Waals surface area contributed by atoms with Crippen LogP contribution in [-0.2, 0) is 11.8 Å². The molecule has 3 heteroatoms. The van der Waals surface area contributed by atoms with Gasteiger partial charge in [0, 0.05) is 6.54 Å². The third-order valence-corrected chi connectivity index (χ3v) is 3.01. The van der Waals surface area contributed by atoms with E-state index in [0.29, 0.717) is 6.54 Å². The van der Waals surface area contributed by atoms with Crippen LogP contribution in [0, 0.1) is 0 Å². The Morgan fingerprint density at radius 2 is 1.94 bits per heavy atom. The lowest BCUT2D eigenvalue weighted by Gasteiger charge is -2.21. The summed E-state index contributed by atoms with van der Waals surface area (Å²) < 4.78 is 5.39. The highest BCUT2D eigenvalue weighted by Crippen LogP contribution is 2.28. The molecule has 0 spiro atoms. The van der Waals surface area contributed by atoms with Crippen LogP contribution in [0.15, 0.2) is 18.2 Å². The number of ether oxygens (including phenoxy) is 1. The lowest BCUT2D eigenvalue weighted by atomic mass is 9.85. The molecule has 0 amide bonds. The van der Waals surface area contributed by atoms with E-state index in [-0.39, 0.29) is 12.0 Å². The minimum Gasteiger partial charge on any atom is -0.496 e. The normalized spacial score (nSPS) is 11.6. The second-order valence-corrected chi connectivity index (χ2v) is 5.50. The van der Waals surface area contributed by atoms with E-state index < -0.39 is 0 Å². The summed E-state index contributed by atoms with van der Waals surface area (Å²) in [5, 5.41) is 11.9. The van der Waals surface area contributed by atoms with Crippen LogP contribution in [0.25, 0.3) is 0 Å². The molecule has 0 saturated carbocycles. The van der Waals surface area contributed by atoms with Crippen molar-refractivity contribution in [2.75, 3.05) is 26.8 Å². The summed E-state index contributed by atoms with van der Waals surface area (Å²) in [5.74, 6) is 0.939. The number of benzene rings is 1. The fourth-order valence-corrected chi connectivity index (χ4v) is 1.87. The largest absolute Gasteiger partial charge is 0.496 e. The Labute approximate surface area is 110 Å². The number of hydrogen-bond donors (Lipinski definition) is 2. The molecule has 0 heterocycles. The average Bonchev–Trinajstić information content (AvgIpc) is 2.33. The van der Waals surface area contributed by atoms with Gasteiger partial charge in [0.15, 0.2) is 0 Å². The van der Waals surface area contributed by atoms with E-state index in [4.69, 9.17) is 9.84 Å². The summed E-state index contributed by atoms with van der Waals surface area (Å²) in [4.78, 5) is 0. The van der Waals surface area contributed by atoms with Gasteiger partial charge in [-0.2, -0.15) is 0 Å². The molecule has 0 aromatic heterocycles. The highest BCUT2D eigenvalue weighted by Gasteiger charge is 2.15. The predicted octanol–water partition coefficient (Wildman–Crippen LogP) is 2.12. The van der Waals surface area contributed by atoms with Crippen LogP contribution in [0.3, 0.4) is 0 Å². The molecule has 0 aliphatic rings. The van der Waals surface area contributed by atoms with Crippen LogP contribution in [0.2, 0.25) is 0 Å². The highest BCUT2D eigenvalue weighted by molar-refractivity contribution is 5.39. The Morgan fingerprint density at radius 3 is 2.50 bits per heavy atom. The molecule has 0 bridgehead atoms. The second kappa shape index (κ2) is 6.76. The predicted molar refractivity (Wildman–Crippen MR) is 75.4 cm³/mol. The SMILES string of the molecule is COc1ccc(C(C)(C)C)cc1CCNCCO. The number of rotatable bonds is 6. The molecule has 0 atom stereocenters. The van der Waals surface area contributed by atoms with Gasteiger partial charge in [0.1, 0.15) is 5.75 Å². The Bertz CT molecular complexity index is 369. The smallest absolute Gasteiger partial charge is 0.122 e. The molecule has 0 radical (unpaired) electrons. The first-order valence-corrected chi connectivity index (χ1v) is 6.48. The van der Waals surface area contributed by atoms with Crippen LogP contribution in [-0.4, -0.2) is 31.9 Å². The van der Waals surface area contributed by atoms with Crippen LogP contribution in [0.4, 0.5) is 0 Å². The van der Waals surface area contributed by atoms with Gasteiger partial charge in [-0.1, -0.05) is 32.9 Å². The van der Waals surface area contributed by atoms with E-state index in [0.717, 1.165) is 18.7 Å². The third-order valence-electron chi connectivity index (χ3n) is 3.01. The van der Waals surface area contributed by atoms with Crippen LogP contribution in [0.1, 0.15) is 31.9 Å². The zero-order valence-electron chi connectivity index (χ0n) is 11.9. The molecule has 18 heavy (non-hydrogen) atoms. The van der Waals surface area contributed by atoms with Crippen molar-refractivity contribution in [1.29, 1.82) is 0 Å². The Hall–Kier alpha value is -1.06. The third kappa shape index (κ3) is 4.31. The molecule has 0 fully saturated rings. The summed E-state index contributed by atoms with van der Waals surface area (Å²) >= 11 is 0.